The summed E-state index contributed by atoms with van der Waals surface area (Å²) >= 11 is 2.19. The van der Waals surface area contributed by atoms with E-state index in [1.807, 2.05) is 43.3 Å². The van der Waals surface area contributed by atoms with Gasteiger partial charge < -0.3 is 9.47 Å². The molecule has 0 atom stereocenters. The van der Waals surface area contributed by atoms with Crippen molar-refractivity contribution in [3.63, 3.8) is 0 Å². The second-order valence-electron chi connectivity index (χ2n) is 3.64. The minimum atomic E-state index is 0.513. The molecule has 0 radical (unpaired) electrons. The van der Waals surface area contributed by atoms with Crippen LogP contribution < -0.4 is 9.47 Å². The Hall–Kier alpha value is -1.30. The van der Waals surface area contributed by atoms with Crippen LogP contribution in [0.3, 0.4) is 0 Å². The number of pyridine rings is 1. The Morgan fingerprint density at radius 3 is 2.61 bits per heavy atom. The van der Waals surface area contributed by atoms with E-state index in [1.54, 1.807) is 6.20 Å². The van der Waals surface area contributed by atoms with Crippen molar-refractivity contribution in [1.29, 1.82) is 0 Å². The van der Waals surface area contributed by atoms with Crippen molar-refractivity contribution >= 4 is 22.6 Å². The fourth-order valence-corrected chi connectivity index (χ4v) is 2.13. The van der Waals surface area contributed by atoms with Crippen LogP contribution in [-0.2, 0) is 6.61 Å². The van der Waals surface area contributed by atoms with Gasteiger partial charge in [0.15, 0.2) is 0 Å². The smallest absolute Gasteiger partial charge is 0.231 e. The van der Waals surface area contributed by atoms with Crippen LogP contribution in [0.4, 0.5) is 0 Å². The van der Waals surface area contributed by atoms with Gasteiger partial charge in [0.1, 0.15) is 15.9 Å². The molecule has 2 rings (SSSR count). The van der Waals surface area contributed by atoms with Gasteiger partial charge in [-0.15, -0.1) is 0 Å². The molecule has 1 aromatic heterocycles. The number of hydrogen-bond donors (Lipinski definition) is 0. The molecule has 0 aliphatic heterocycles. The first-order valence-electron chi connectivity index (χ1n) is 5.75. The summed E-state index contributed by atoms with van der Waals surface area (Å²) in [5, 5.41) is 0. The lowest BCUT2D eigenvalue weighted by Crippen LogP contribution is -2.01. The van der Waals surface area contributed by atoms with Gasteiger partial charge in [0, 0.05) is 6.20 Å². The van der Waals surface area contributed by atoms with Crippen molar-refractivity contribution in [2.75, 3.05) is 6.61 Å². The molecule has 1 aromatic carbocycles. The average Bonchev–Trinajstić information content (AvgIpc) is 2.41. The Morgan fingerprint density at radius 2 is 1.89 bits per heavy atom. The number of benzene rings is 1. The quantitative estimate of drug-likeness (QED) is 0.767. The standard InChI is InChI=1S/C14H14INO2/c1-2-17-12-8-9-16-14(13(12)15)18-10-11-6-4-3-5-7-11/h3-9H,2,10H2,1H3. The molecule has 4 heteroatoms. The maximum absolute atomic E-state index is 5.71. The molecule has 0 spiro atoms. The Labute approximate surface area is 120 Å². The Balaban J connectivity index is 2.08. The molecule has 0 aliphatic rings. The third-order valence-corrected chi connectivity index (χ3v) is 3.33. The third kappa shape index (κ3) is 3.35. The second-order valence-corrected chi connectivity index (χ2v) is 4.71. The van der Waals surface area contributed by atoms with Gasteiger partial charge in [-0.1, -0.05) is 30.3 Å². The van der Waals surface area contributed by atoms with Crippen molar-refractivity contribution < 1.29 is 9.47 Å². The fraction of sp³-hybridized carbons (Fsp3) is 0.214. The van der Waals surface area contributed by atoms with Crippen molar-refractivity contribution in [3.8, 4) is 11.6 Å². The van der Waals surface area contributed by atoms with Crippen LogP contribution >= 0.6 is 22.6 Å². The van der Waals surface area contributed by atoms with Crippen molar-refractivity contribution in [2.45, 2.75) is 13.5 Å². The van der Waals surface area contributed by atoms with Crippen molar-refractivity contribution in [2.24, 2.45) is 0 Å². The molecule has 0 saturated carbocycles. The number of nitrogens with zero attached hydrogens (tertiary/aromatic N) is 1. The number of ether oxygens (including phenoxy) is 2. The summed E-state index contributed by atoms with van der Waals surface area (Å²) in [7, 11) is 0. The zero-order chi connectivity index (χ0) is 12.8. The van der Waals surface area contributed by atoms with Gasteiger partial charge in [-0.2, -0.15) is 0 Å². The molecule has 0 amide bonds. The van der Waals surface area contributed by atoms with Gasteiger partial charge >= 0.3 is 0 Å². The van der Waals surface area contributed by atoms with E-state index in [0.717, 1.165) is 14.9 Å². The van der Waals surface area contributed by atoms with Crippen LogP contribution in [0, 0.1) is 3.57 Å². The lowest BCUT2D eigenvalue weighted by molar-refractivity contribution is 0.284. The van der Waals surface area contributed by atoms with E-state index in [1.165, 1.54) is 0 Å². The second kappa shape index (κ2) is 6.58. The van der Waals surface area contributed by atoms with Crippen LogP contribution in [0.5, 0.6) is 11.6 Å². The Kier molecular flexibility index (Phi) is 4.81. The summed E-state index contributed by atoms with van der Waals surface area (Å²) in [5.41, 5.74) is 1.12. The molecule has 0 bridgehead atoms. The highest BCUT2D eigenvalue weighted by molar-refractivity contribution is 14.1. The first-order chi connectivity index (χ1) is 8.81. The first-order valence-corrected chi connectivity index (χ1v) is 6.83. The Morgan fingerprint density at radius 1 is 1.11 bits per heavy atom. The largest absolute Gasteiger partial charge is 0.493 e. The van der Waals surface area contributed by atoms with E-state index in [9.17, 15) is 0 Å². The van der Waals surface area contributed by atoms with Crippen LogP contribution in [0.1, 0.15) is 12.5 Å². The van der Waals surface area contributed by atoms with Crippen LogP contribution in [0.25, 0.3) is 0 Å². The summed E-state index contributed by atoms with van der Waals surface area (Å²) in [5.74, 6) is 1.43. The molecule has 3 nitrogen and oxygen atoms in total. The molecular formula is C14H14INO2. The van der Waals surface area contributed by atoms with Gasteiger partial charge in [-0.3, -0.25) is 0 Å². The molecule has 18 heavy (non-hydrogen) atoms. The monoisotopic (exact) mass is 355 g/mol. The highest BCUT2D eigenvalue weighted by Gasteiger charge is 2.09. The van der Waals surface area contributed by atoms with E-state index in [2.05, 4.69) is 27.6 Å². The summed E-state index contributed by atoms with van der Waals surface area (Å²) in [6.45, 7) is 3.11. The average molecular weight is 355 g/mol. The summed E-state index contributed by atoms with van der Waals surface area (Å²) in [6.07, 6.45) is 1.70. The zero-order valence-electron chi connectivity index (χ0n) is 10.1. The fourth-order valence-electron chi connectivity index (χ4n) is 1.50. The van der Waals surface area contributed by atoms with E-state index >= 15 is 0 Å². The molecule has 0 fully saturated rings. The number of aromatic nitrogens is 1. The van der Waals surface area contributed by atoms with Crippen LogP contribution in [-0.4, -0.2) is 11.6 Å². The number of hydrogen-bond acceptors (Lipinski definition) is 3. The molecule has 0 aliphatic carbocycles. The maximum Gasteiger partial charge on any atom is 0.231 e. The molecule has 2 aromatic rings. The normalized spacial score (nSPS) is 10.1. The topological polar surface area (TPSA) is 31.4 Å². The summed E-state index contributed by atoms with van der Waals surface area (Å²) in [6, 6.07) is 11.9. The Bertz CT molecular complexity index is 502. The predicted molar refractivity (Wildman–Crippen MR) is 78.9 cm³/mol. The van der Waals surface area contributed by atoms with E-state index in [0.29, 0.717) is 19.1 Å². The molecule has 0 unspecified atom stereocenters. The zero-order valence-corrected chi connectivity index (χ0v) is 12.3. The maximum atomic E-state index is 5.71. The van der Waals surface area contributed by atoms with Crippen molar-refractivity contribution in [3.05, 3.63) is 51.7 Å². The van der Waals surface area contributed by atoms with E-state index < -0.39 is 0 Å². The minimum Gasteiger partial charge on any atom is -0.493 e. The van der Waals surface area contributed by atoms with Gasteiger partial charge in [-0.05, 0) is 41.1 Å². The van der Waals surface area contributed by atoms with Crippen LogP contribution in [0.15, 0.2) is 42.6 Å². The molecular weight excluding hydrogens is 341 g/mol. The minimum absolute atomic E-state index is 0.513. The van der Waals surface area contributed by atoms with E-state index in [4.69, 9.17) is 9.47 Å². The summed E-state index contributed by atoms with van der Waals surface area (Å²) in [4.78, 5) is 4.23. The highest BCUT2D eigenvalue weighted by atomic mass is 127. The summed E-state index contributed by atoms with van der Waals surface area (Å²) < 4.78 is 12.1. The number of rotatable bonds is 5. The van der Waals surface area contributed by atoms with Crippen molar-refractivity contribution in [1.82, 2.24) is 4.98 Å². The predicted octanol–water partition coefficient (Wildman–Crippen LogP) is 3.66. The first kappa shape index (κ1) is 13.1. The van der Waals surface area contributed by atoms with Gasteiger partial charge in [0.05, 0.1) is 6.61 Å². The number of halogens is 1. The van der Waals surface area contributed by atoms with Gasteiger partial charge in [0.2, 0.25) is 5.88 Å². The lowest BCUT2D eigenvalue weighted by Gasteiger charge is -2.10. The van der Waals surface area contributed by atoms with Gasteiger partial charge in [-0.25, -0.2) is 4.98 Å². The lowest BCUT2D eigenvalue weighted by atomic mass is 10.2. The SMILES string of the molecule is CCOc1ccnc(OCc2ccccc2)c1I. The third-order valence-electron chi connectivity index (χ3n) is 2.34. The molecule has 94 valence electrons. The van der Waals surface area contributed by atoms with Crippen LogP contribution in [0.2, 0.25) is 0 Å². The molecule has 0 saturated heterocycles. The highest BCUT2D eigenvalue weighted by Crippen LogP contribution is 2.28. The van der Waals surface area contributed by atoms with Gasteiger partial charge in [0.25, 0.3) is 0 Å². The molecule has 1 heterocycles. The molecule has 0 N–H and O–H groups in total. The van der Waals surface area contributed by atoms with E-state index in [-0.39, 0.29) is 0 Å².